The average molecular weight is 707 g/mol. The van der Waals surface area contributed by atoms with Gasteiger partial charge in [0.25, 0.3) is 11.5 Å². The molecule has 52 heavy (non-hydrogen) atoms. The summed E-state index contributed by atoms with van der Waals surface area (Å²) in [4.78, 5) is 29.8. The van der Waals surface area contributed by atoms with Crippen LogP contribution in [0.4, 0.5) is 4.39 Å². The number of hydrogen-bond acceptors (Lipinski definition) is 6. The number of H-pyrrole nitrogens is 1. The van der Waals surface area contributed by atoms with Crippen LogP contribution in [-0.4, -0.2) is 76.4 Å². The highest BCUT2D eigenvalue weighted by Crippen LogP contribution is 2.61. The highest BCUT2D eigenvalue weighted by Gasteiger charge is 2.55. The lowest BCUT2D eigenvalue weighted by Crippen LogP contribution is -2.49. The Morgan fingerprint density at radius 1 is 0.981 bits per heavy atom. The van der Waals surface area contributed by atoms with Crippen LogP contribution in [0.2, 0.25) is 0 Å². The van der Waals surface area contributed by atoms with E-state index in [9.17, 15) is 19.1 Å². The Kier molecular flexibility index (Phi) is 9.92. The number of aromatic amines is 1. The predicted molar refractivity (Wildman–Crippen MR) is 200 cm³/mol. The first-order valence-corrected chi connectivity index (χ1v) is 19.5. The maximum Gasteiger partial charge on any atom is 0.272 e. The van der Waals surface area contributed by atoms with Crippen molar-refractivity contribution in [3.8, 4) is 5.75 Å². The minimum Gasteiger partial charge on any atom is -0.508 e. The zero-order valence-electron chi connectivity index (χ0n) is 30.3. The predicted octanol–water partition coefficient (Wildman–Crippen LogP) is 7.23. The summed E-state index contributed by atoms with van der Waals surface area (Å²) in [5, 5.41) is 18.1. The largest absolute Gasteiger partial charge is 0.508 e. The van der Waals surface area contributed by atoms with Crippen molar-refractivity contribution < 1.29 is 19.0 Å². The van der Waals surface area contributed by atoms with E-state index in [4.69, 9.17) is 4.74 Å². The maximum absolute atomic E-state index is 15.0. The molecule has 2 heterocycles. The molecule has 2 saturated carbocycles. The van der Waals surface area contributed by atoms with Crippen LogP contribution in [0.15, 0.2) is 65.5 Å². The Balaban J connectivity index is 0.768. The van der Waals surface area contributed by atoms with Gasteiger partial charge in [-0.1, -0.05) is 37.3 Å². The van der Waals surface area contributed by atoms with Crippen molar-refractivity contribution >= 4 is 16.7 Å². The number of amides is 1. The van der Waals surface area contributed by atoms with Gasteiger partial charge >= 0.3 is 0 Å². The highest BCUT2D eigenvalue weighted by atomic mass is 19.1. The lowest BCUT2D eigenvalue weighted by atomic mass is 9.55. The van der Waals surface area contributed by atoms with E-state index >= 15 is 0 Å². The number of hydrogen-bond donors (Lipinski definition) is 2. The molecule has 9 heteroatoms. The first-order chi connectivity index (χ1) is 25.3. The Labute approximate surface area is 305 Å². The number of fused-ring (bicyclic) bond motifs is 6. The van der Waals surface area contributed by atoms with Gasteiger partial charge in [0, 0.05) is 44.6 Å². The van der Waals surface area contributed by atoms with Crippen LogP contribution >= 0.6 is 0 Å². The second-order valence-electron chi connectivity index (χ2n) is 16.0. The molecule has 3 aliphatic carbocycles. The molecule has 4 aliphatic rings. The molecular weight excluding hydrogens is 655 g/mol. The van der Waals surface area contributed by atoms with E-state index in [1.165, 1.54) is 49.3 Å². The number of carbonyl (C=O) groups is 1. The molecule has 8 nitrogen and oxygen atoms in total. The fraction of sp³-hybridized carbons (Fsp3) is 0.512. The number of unbranched alkanes of at least 4 members (excludes halogenated alkanes) is 2. The van der Waals surface area contributed by atoms with Gasteiger partial charge in [0.05, 0.1) is 22.7 Å². The molecule has 1 aliphatic heterocycles. The molecule has 3 aromatic carbocycles. The van der Waals surface area contributed by atoms with Gasteiger partial charge in [0.15, 0.2) is 0 Å². The van der Waals surface area contributed by atoms with Crippen LogP contribution in [0.25, 0.3) is 10.8 Å². The number of benzene rings is 3. The number of nitrogens with zero attached hydrogens (tertiary/aromatic N) is 3. The Morgan fingerprint density at radius 2 is 1.81 bits per heavy atom. The zero-order chi connectivity index (χ0) is 35.8. The summed E-state index contributed by atoms with van der Waals surface area (Å²) in [5.41, 5.74) is 4.40. The van der Waals surface area contributed by atoms with Crippen molar-refractivity contribution in [1.29, 1.82) is 0 Å². The van der Waals surface area contributed by atoms with E-state index in [-0.39, 0.29) is 22.4 Å². The van der Waals surface area contributed by atoms with Crippen molar-refractivity contribution in [3.63, 3.8) is 0 Å². The van der Waals surface area contributed by atoms with Gasteiger partial charge in [0.2, 0.25) is 0 Å². The second kappa shape index (κ2) is 14.7. The third kappa shape index (κ3) is 6.78. The second-order valence-corrected chi connectivity index (χ2v) is 16.0. The Bertz CT molecular complexity index is 1990. The van der Waals surface area contributed by atoms with Crippen LogP contribution < -0.4 is 5.56 Å². The smallest absolute Gasteiger partial charge is 0.272 e. The molecule has 2 N–H and O–H groups in total. The van der Waals surface area contributed by atoms with Crippen molar-refractivity contribution in [2.75, 3.05) is 39.3 Å². The molecule has 1 saturated heterocycles. The van der Waals surface area contributed by atoms with Crippen LogP contribution in [0.1, 0.15) is 97.0 Å². The minimum absolute atomic E-state index is 0.0837. The van der Waals surface area contributed by atoms with Crippen LogP contribution in [0.5, 0.6) is 5.75 Å². The Hall–Kier alpha value is -4.08. The summed E-state index contributed by atoms with van der Waals surface area (Å²) in [6.07, 6.45) is 11.2. The standard InChI is InChI=1S/C43H51FN4O4/c1-43-18-17-32-31-13-11-30(49)27-29(31)10-12-33(32)37(43)14-16-40(43)52-24-6-2-5-19-47-20-22-48(23-21-47)42(51)36-25-28(9-15-38(36)44)26-39-34-7-3-4-8-35(34)41(50)46-45-39/h3-4,7-9,11,13,15,25,27,32-33,37,40,49H,2,5-6,10,12,14,16-24,26H2,1H3,(H,46,50)/t32-,33-,37+,40+,43+/m1/s1. The topological polar surface area (TPSA) is 98.8 Å². The van der Waals surface area contributed by atoms with Crippen LogP contribution in [0, 0.1) is 23.1 Å². The van der Waals surface area contributed by atoms with E-state index in [0.717, 1.165) is 74.7 Å². The van der Waals surface area contributed by atoms with E-state index in [1.54, 1.807) is 23.1 Å². The molecule has 274 valence electrons. The lowest BCUT2D eigenvalue weighted by Gasteiger charge is -2.50. The fourth-order valence-corrected chi connectivity index (χ4v) is 10.3. The molecule has 0 bridgehead atoms. The molecule has 0 radical (unpaired) electrons. The summed E-state index contributed by atoms with van der Waals surface area (Å²) in [5.74, 6) is 1.69. The third-order valence-corrected chi connectivity index (χ3v) is 13.1. The van der Waals surface area contributed by atoms with Crippen molar-refractivity contribution in [1.82, 2.24) is 20.0 Å². The van der Waals surface area contributed by atoms with Gasteiger partial charge < -0.3 is 14.7 Å². The highest BCUT2D eigenvalue weighted by molar-refractivity contribution is 5.95. The normalized spacial score (nSPS) is 25.8. The first-order valence-electron chi connectivity index (χ1n) is 19.5. The van der Waals surface area contributed by atoms with Crippen molar-refractivity contribution in [3.05, 3.63) is 105 Å². The average Bonchev–Trinajstić information content (AvgIpc) is 3.50. The van der Waals surface area contributed by atoms with Crippen LogP contribution in [0.3, 0.4) is 0 Å². The number of rotatable bonds is 10. The summed E-state index contributed by atoms with van der Waals surface area (Å²) in [7, 11) is 0. The summed E-state index contributed by atoms with van der Waals surface area (Å²) >= 11 is 0. The number of phenolic OH excluding ortho intramolecular Hbond substituents is 1. The van der Waals surface area contributed by atoms with Gasteiger partial charge in [-0.15, -0.1) is 0 Å². The number of nitrogens with one attached hydrogen (secondary N) is 1. The number of piperazine rings is 1. The van der Waals surface area contributed by atoms with Crippen molar-refractivity contribution in [2.45, 2.75) is 83.2 Å². The number of phenols is 1. The summed E-state index contributed by atoms with van der Waals surface area (Å²) < 4.78 is 21.6. The molecule has 3 fully saturated rings. The molecule has 4 aromatic rings. The van der Waals surface area contributed by atoms with Crippen molar-refractivity contribution in [2.24, 2.45) is 17.3 Å². The molecule has 1 amide bonds. The summed E-state index contributed by atoms with van der Waals surface area (Å²) in [6, 6.07) is 18.0. The molecule has 0 spiro atoms. The van der Waals surface area contributed by atoms with Gasteiger partial charge in [-0.2, -0.15) is 5.10 Å². The van der Waals surface area contributed by atoms with E-state index in [1.807, 2.05) is 30.3 Å². The lowest BCUT2D eigenvalue weighted by molar-refractivity contribution is -0.0647. The van der Waals surface area contributed by atoms with Gasteiger partial charge in [-0.05, 0) is 135 Å². The molecule has 5 atom stereocenters. The van der Waals surface area contributed by atoms with E-state index in [2.05, 4.69) is 28.1 Å². The number of aryl methyl sites for hydroxylation is 1. The number of halogens is 1. The van der Waals surface area contributed by atoms with Gasteiger partial charge in [-0.25, -0.2) is 9.49 Å². The number of aromatic nitrogens is 2. The molecular formula is C43H51FN4O4. The quantitative estimate of drug-likeness (QED) is 0.169. The first kappa shape index (κ1) is 35.0. The molecule has 1 aromatic heterocycles. The number of aromatic hydroxyl groups is 1. The number of ether oxygens (including phenoxy) is 1. The van der Waals surface area contributed by atoms with Gasteiger partial charge in [-0.3, -0.25) is 14.5 Å². The fourth-order valence-electron chi connectivity index (χ4n) is 10.3. The van der Waals surface area contributed by atoms with E-state index < -0.39 is 5.82 Å². The maximum atomic E-state index is 15.0. The third-order valence-electron chi connectivity index (χ3n) is 13.1. The monoisotopic (exact) mass is 706 g/mol. The molecule has 0 unspecified atom stereocenters. The number of carbonyl (C=O) groups excluding carboxylic acids is 1. The van der Waals surface area contributed by atoms with Gasteiger partial charge in [0.1, 0.15) is 11.6 Å². The molecule has 8 rings (SSSR count). The summed E-state index contributed by atoms with van der Waals surface area (Å²) in [6.45, 7) is 7.05. The SMILES string of the molecule is C[C@]12CC[C@@H]3c4ccc(O)cc4CC[C@H]3[C@@H]1CC[C@@H]2OCCCCCN1CCN(C(=O)c2cc(Cc3n[nH]c(=O)c4ccccc34)ccc2F)CC1. The van der Waals surface area contributed by atoms with Crippen LogP contribution in [-0.2, 0) is 17.6 Å². The Morgan fingerprint density at radius 3 is 2.65 bits per heavy atom. The van der Waals surface area contributed by atoms with E-state index in [0.29, 0.717) is 48.4 Å². The zero-order valence-corrected chi connectivity index (χ0v) is 30.3. The minimum atomic E-state index is -0.519.